The van der Waals surface area contributed by atoms with Gasteiger partial charge in [-0.25, -0.2) is 9.78 Å². The lowest BCUT2D eigenvalue weighted by molar-refractivity contribution is -0.163. The van der Waals surface area contributed by atoms with Crippen LogP contribution in [0.25, 0.3) is 11.2 Å². The Morgan fingerprint density at radius 2 is 1.96 bits per heavy atom. The van der Waals surface area contributed by atoms with E-state index in [-0.39, 0.29) is 23.5 Å². The van der Waals surface area contributed by atoms with Crippen molar-refractivity contribution in [3.05, 3.63) is 51.3 Å². The van der Waals surface area contributed by atoms with Gasteiger partial charge < -0.3 is 13.9 Å². The minimum atomic E-state index is -4.61. The molecule has 1 amide bonds. The largest absolute Gasteiger partial charge is 0.467 e. The van der Waals surface area contributed by atoms with Gasteiger partial charge in [0, 0.05) is 14.1 Å². The van der Waals surface area contributed by atoms with Gasteiger partial charge in [0.25, 0.3) is 5.56 Å². The number of halogens is 3. The molecule has 12 heteroatoms. The summed E-state index contributed by atoms with van der Waals surface area (Å²) in [5, 5.41) is 0. The van der Waals surface area contributed by atoms with E-state index in [1.54, 1.807) is 0 Å². The third kappa shape index (κ3) is 3.70. The Labute approximate surface area is 155 Å². The van der Waals surface area contributed by atoms with Gasteiger partial charge in [0.2, 0.25) is 5.91 Å². The third-order valence-electron chi connectivity index (χ3n) is 4.17. The zero-order valence-electron chi connectivity index (χ0n) is 14.9. The van der Waals surface area contributed by atoms with Crippen LogP contribution in [-0.2, 0) is 32.0 Å². The maximum Gasteiger partial charge on any atom is 0.406 e. The van der Waals surface area contributed by atoms with Gasteiger partial charge in [0.1, 0.15) is 18.8 Å². The van der Waals surface area contributed by atoms with E-state index in [9.17, 15) is 27.6 Å². The van der Waals surface area contributed by atoms with Gasteiger partial charge in [0.15, 0.2) is 11.2 Å². The number of hydrogen-bond acceptors (Lipinski definition) is 5. The molecule has 0 radical (unpaired) electrons. The summed E-state index contributed by atoms with van der Waals surface area (Å²) in [5.41, 5.74) is -1.32. The molecular formula is C16H16F3N5O4. The molecule has 0 unspecified atom stereocenters. The van der Waals surface area contributed by atoms with Gasteiger partial charge in [0.05, 0.1) is 19.1 Å². The fourth-order valence-corrected chi connectivity index (χ4v) is 2.80. The normalized spacial score (nSPS) is 11.9. The molecule has 0 saturated heterocycles. The number of aromatic nitrogens is 4. The second-order valence-corrected chi connectivity index (χ2v) is 6.19. The average Bonchev–Trinajstić information content (AvgIpc) is 3.26. The zero-order valence-corrected chi connectivity index (χ0v) is 14.9. The maximum atomic E-state index is 12.9. The van der Waals surface area contributed by atoms with Crippen molar-refractivity contribution in [2.75, 3.05) is 6.54 Å². The number of fused-ring (bicyclic) bond motifs is 1. The van der Waals surface area contributed by atoms with Crippen LogP contribution in [0.1, 0.15) is 5.76 Å². The number of aryl methyl sites for hydroxylation is 1. The Bertz CT molecular complexity index is 1120. The summed E-state index contributed by atoms with van der Waals surface area (Å²) in [6.45, 7) is -2.41. The number of amides is 1. The van der Waals surface area contributed by atoms with Crippen LogP contribution in [0.3, 0.4) is 0 Å². The van der Waals surface area contributed by atoms with Crippen LogP contribution in [0.2, 0.25) is 0 Å². The summed E-state index contributed by atoms with van der Waals surface area (Å²) in [7, 11) is 2.66. The molecule has 0 aliphatic rings. The first kappa shape index (κ1) is 19.5. The number of furan rings is 1. The summed E-state index contributed by atoms with van der Waals surface area (Å²) < 4.78 is 46.8. The molecule has 0 fully saturated rings. The van der Waals surface area contributed by atoms with Crippen LogP contribution >= 0.6 is 0 Å². The monoisotopic (exact) mass is 399 g/mol. The van der Waals surface area contributed by atoms with Crippen molar-refractivity contribution in [1.82, 2.24) is 23.6 Å². The molecule has 28 heavy (non-hydrogen) atoms. The van der Waals surface area contributed by atoms with E-state index in [4.69, 9.17) is 4.42 Å². The smallest absolute Gasteiger partial charge is 0.406 e. The van der Waals surface area contributed by atoms with Gasteiger partial charge in [-0.05, 0) is 12.1 Å². The molecule has 3 rings (SSSR count). The standard InChI is InChI=1S/C16H16F3N5O4/c1-21-13-12(14(26)22(2)15(21)27)24(9-20-13)7-11(25)23(8-16(17,18)19)6-10-4-3-5-28-10/h3-5,9H,6-8H2,1-2H3. The van der Waals surface area contributed by atoms with E-state index >= 15 is 0 Å². The Morgan fingerprint density at radius 3 is 2.57 bits per heavy atom. The first-order chi connectivity index (χ1) is 13.1. The van der Waals surface area contributed by atoms with Crippen LogP contribution in [0, 0.1) is 0 Å². The van der Waals surface area contributed by atoms with Crippen molar-refractivity contribution >= 4 is 17.1 Å². The minimum Gasteiger partial charge on any atom is -0.467 e. The minimum absolute atomic E-state index is 0.0364. The van der Waals surface area contributed by atoms with Crippen molar-refractivity contribution in [2.24, 2.45) is 14.1 Å². The summed E-state index contributed by atoms with van der Waals surface area (Å²) in [4.78, 5) is 41.4. The van der Waals surface area contributed by atoms with Crippen molar-refractivity contribution in [3.63, 3.8) is 0 Å². The molecule has 0 aliphatic heterocycles. The van der Waals surface area contributed by atoms with Crippen LogP contribution in [0.5, 0.6) is 0 Å². The highest BCUT2D eigenvalue weighted by molar-refractivity contribution is 5.79. The van der Waals surface area contributed by atoms with Crippen molar-refractivity contribution < 1.29 is 22.4 Å². The van der Waals surface area contributed by atoms with E-state index in [0.29, 0.717) is 4.90 Å². The van der Waals surface area contributed by atoms with E-state index in [1.165, 1.54) is 32.5 Å². The Hall–Kier alpha value is -3.31. The van der Waals surface area contributed by atoms with Crippen LogP contribution in [0.15, 0.2) is 38.7 Å². The summed E-state index contributed by atoms with van der Waals surface area (Å²) in [5.74, 6) is -0.699. The second-order valence-electron chi connectivity index (χ2n) is 6.19. The molecule has 0 aromatic carbocycles. The van der Waals surface area contributed by atoms with Gasteiger partial charge in [-0.15, -0.1) is 0 Å². The molecule has 150 valence electrons. The zero-order chi connectivity index (χ0) is 20.6. The predicted molar refractivity (Wildman–Crippen MR) is 90.4 cm³/mol. The number of rotatable bonds is 5. The Morgan fingerprint density at radius 1 is 1.25 bits per heavy atom. The van der Waals surface area contributed by atoms with Gasteiger partial charge in [-0.1, -0.05) is 0 Å². The van der Waals surface area contributed by atoms with Gasteiger partial charge >= 0.3 is 11.9 Å². The first-order valence-corrected chi connectivity index (χ1v) is 8.06. The lowest BCUT2D eigenvalue weighted by Crippen LogP contribution is -2.41. The topological polar surface area (TPSA) is 95.3 Å². The lowest BCUT2D eigenvalue weighted by Gasteiger charge is -2.23. The van der Waals surface area contributed by atoms with Crippen molar-refractivity contribution in [1.29, 1.82) is 0 Å². The van der Waals surface area contributed by atoms with Gasteiger partial charge in [-0.2, -0.15) is 13.2 Å². The van der Waals surface area contributed by atoms with Crippen LogP contribution < -0.4 is 11.2 Å². The van der Waals surface area contributed by atoms with E-state index in [1.807, 2.05) is 0 Å². The van der Waals surface area contributed by atoms with E-state index in [2.05, 4.69) is 4.98 Å². The number of carbonyl (C=O) groups excluding carboxylic acids is 1. The summed E-state index contributed by atoms with van der Waals surface area (Å²) in [6, 6.07) is 2.95. The van der Waals surface area contributed by atoms with Crippen molar-refractivity contribution in [2.45, 2.75) is 19.3 Å². The molecule has 0 saturated carbocycles. The van der Waals surface area contributed by atoms with Gasteiger partial charge in [-0.3, -0.25) is 18.7 Å². The van der Waals surface area contributed by atoms with Crippen LogP contribution in [-0.4, -0.2) is 42.2 Å². The highest BCUT2D eigenvalue weighted by atomic mass is 19.4. The number of imidazole rings is 1. The SMILES string of the molecule is Cn1c(=O)c2c(ncn2CC(=O)N(Cc2ccco2)CC(F)(F)F)n(C)c1=O. The molecule has 0 aliphatic carbocycles. The molecule has 0 N–H and O–H groups in total. The van der Waals surface area contributed by atoms with E-state index < -0.39 is 36.4 Å². The van der Waals surface area contributed by atoms with Crippen LogP contribution in [0.4, 0.5) is 13.2 Å². The third-order valence-corrected chi connectivity index (χ3v) is 4.17. The van der Waals surface area contributed by atoms with E-state index in [0.717, 1.165) is 20.0 Å². The quantitative estimate of drug-likeness (QED) is 0.627. The predicted octanol–water partition coefficient (Wildman–Crippen LogP) is 0.618. The second kappa shape index (κ2) is 7.02. The Kier molecular flexibility index (Phi) is 4.87. The Balaban J connectivity index is 1.95. The van der Waals surface area contributed by atoms with Crippen molar-refractivity contribution in [3.8, 4) is 0 Å². The fraction of sp³-hybridized carbons (Fsp3) is 0.375. The number of alkyl halides is 3. The summed E-state index contributed by atoms with van der Waals surface area (Å²) >= 11 is 0. The average molecular weight is 399 g/mol. The molecular weight excluding hydrogens is 383 g/mol. The molecule has 3 heterocycles. The fourth-order valence-electron chi connectivity index (χ4n) is 2.80. The number of nitrogens with zero attached hydrogens (tertiary/aromatic N) is 5. The highest BCUT2D eigenvalue weighted by Crippen LogP contribution is 2.19. The molecule has 0 atom stereocenters. The highest BCUT2D eigenvalue weighted by Gasteiger charge is 2.33. The maximum absolute atomic E-state index is 12.9. The molecule has 3 aromatic heterocycles. The summed E-state index contributed by atoms with van der Waals surface area (Å²) in [6.07, 6.45) is -2.18. The number of carbonyl (C=O) groups is 1. The number of hydrogen-bond donors (Lipinski definition) is 0. The molecule has 9 nitrogen and oxygen atoms in total. The first-order valence-electron chi connectivity index (χ1n) is 8.06. The lowest BCUT2D eigenvalue weighted by atomic mass is 10.3. The molecule has 0 spiro atoms. The molecule has 0 bridgehead atoms. The molecule has 3 aromatic rings.